The highest BCUT2D eigenvalue weighted by atomic mass is 19.1. The van der Waals surface area contributed by atoms with Crippen LogP contribution in [-0.2, 0) is 13.0 Å². The third-order valence-electron chi connectivity index (χ3n) is 6.30. The third-order valence-corrected chi connectivity index (χ3v) is 6.30. The first-order valence-corrected chi connectivity index (χ1v) is 11.5. The van der Waals surface area contributed by atoms with Crippen LogP contribution in [0.3, 0.4) is 0 Å². The van der Waals surface area contributed by atoms with Crippen molar-refractivity contribution in [3.8, 4) is 5.75 Å². The summed E-state index contributed by atoms with van der Waals surface area (Å²) in [5.74, 6) is -2.26. The fraction of sp³-hybridized carbons (Fsp3) is 0.400. The van der Waals surface area contributed by atoms with Gasteiger partial charge in [0, 0.05) is 41.7 Å². The Labute approximate surface area is 195 Å². The minimum Gasteiger partial charge on any atom is -0.504 e. The molecule has 180 valence electrons. The third kappa shape index (κ3) is 5.25. The van der Waals surface area contributed by atoms with E-state index in [1.807, 2.05) is 19.1 Å². The molecule has 0 spiro atoms. The minimum absolute atomic E-state index is 0.00722. The molecule has 1 aromatic carbocycles. The molecule has 1 atom stereocenters. The van der Waals surface area contributed by atoms with Crippen LogP contribution in [0.2, 0.25) is 0 Å². The second kappa shape index (κ2) is 9.89. The fourth-order valence-corrected chi connectivity index (χ4v) is 3.78. The van der Waals surface area contributed by atoms with Crippen molar-refractivity contribution in [1.82, 2.24) is 20.2 Å². The van der Waals surface area contributed by atoms with Gasteiger partial charge in [-0.3, -0.25) is 14.5 Å². The van der Waals surface area contributed by atoms with Gasteiger partial charge in [-0.15, -0.1) is 0 Å². The quantitative estimate of drug-likeness (QED) is 0.495. The van der Waals surface area contributed by atoms with E-state index in [2.05, 4.69) is 27.1 Å². The Kier molecular flexibility index (Phi) is 6.92. The van der Waals surface area contributed by atoms with Gasteiger partial charge in [0.2, 0.25) is 0 Å². The number of amides is 1. The summed E-state index contributed by atoms with van der Waals surface area (Å²) < 4.78 is 27.3. The van der Waals surface area contributed by atoms with Gasteiger partial charge in [0.25, 0.3) is 17.4 Å². The van der Waals surface area contributed by atoms with E-state index in [4.69, 9.17) is 5.11 Å². The standard InChI is InChI=1S/C16H19FN2O.C9H9FN2O2/c1-3-11-8-12-4-5-13(9-19-7-6-10(19)2)14(17)15(12)18-16(11)20;10-8-7(13)4-3-6(12-8)9(14)11-5-1-2-5/h4-5,8,10H,3,6-7,9H2,1-2H3,(H,18,20);3-5,13H,1-2H2,(H,11,14). The van der Waals surface area contributed by atoms with Gasteiger partial charge >= 0.3 is 0 Å². The Morgan fingerprint density at radius 3 is 2.56 bits per heavy atom. The van der Waals surface area contributed by atoms with E-state index in [-0.39, 0.29) is 23.1 Å². The molecule has 0 radical (unpaired) electrons. The van der Waals surface area contributed by atoms with Gasteiger partial charge in [-0.25, -0.2) is 9.37 Å². The summed E-state index contributed by atoms with van der Waals surface area (Å²) in [5, 5.41) is 12.3. The van der Waals surface area contributed by atoms with E-state index in [1.165, 1.54) is 12.5 Å². The van der Waals surface area contributed by atoms with Crippen molar-refractivity contribution >= 4 is 16.8 Å². The molecule has 7 nitrogen and oxygen atoms in total. The zero-order chi connectivity index (χ0) is 24.4. The topological polar surface area (TPSA) is 98.3 Å². The number of rotatable bonds is 5. The van der Waals surface area contributed by atoms with Gasteiger partial charge in [-0.2, -0.15) is 4.39 Å². The number of aromatic nitrogens is 2. The van der Waals surface area contributed by atoms with E-state index in [9.17, 15) is 18.4 Å². The Hall–Kier alpha value is -3.33. The summed E-state index contributed by atoms with van der Waals surface area (Å²) in [6.07, 6.45) is 3.75. The summed E-state index contributed by atoms with van der Waals surface area (Å²) >= 11 is 0. The normalized spacial score (nSPS) is 17.6. The lowest BCUT2D eigenvalue weighted by Crippen LogP contribution is -2.44. The highest BCUT2D eigenvalue weighted by molar-refractivity contribution is 5.92. The Morgan fingerprint density at radius 1 is 1.21 bits per heavy atom. The van der Waals surface area contributed by atoms with Crippen LogP contribution in [0.15, 0.2) is 35.1 Å². The molecular formula is C25H28F2N4O3. The molecule has 1 aliphatic carbocycles. The van der Waals surface area contributed by atoms with E-state index in [1.54, 1.807) is 6.07 Å². The summed E-state index contributed by atoms with van der Waals surface area (Å²) in [7, 11) is 0. The summed E-state index contributed by atoms with van der Waals surface area (Å²) in [6.45, 7) is 5.70. The number of carbonyl (C=O) groups is 1. The molecule has 1 saturated heterocycles. The van der Waals surface area contributed by atoms with Crippen LogP contribution in [0.5, 0.6) is 5.75 Å². The molecule has 5 rings (SSSR count). The number of hydrogen-bond acceptors (Lipinski definition) is 5. The molecule has 2 aromatic heterocycles. The molecule has 1 saturated carbocycles. The van der Waals surface area contributed by atoms with Gasteiger partial charge < -0.3 is 15.4 Å². The van der Waals surface area contributed by atoms with E-state index >= 15 is 0 Å². The predicted molar refractivity (Wildman–Crippen MR) is 125 cm³/mol. The Morgan fingerprint density at radius 2 is 1.97 bits per heavy atom. The molecule has 2 aliphatic rings. The van der Waals surface area contributed by atoms with Crippen molar-refractivity contribution in [2.24, 2.45) is 0 Å². The van der Waals surface area contributed by atoms with Crippen molar-refractivity contribution in [1.29, 1.82) is 0 Å². The van der Waals surface area contributed by atoms with Crippen LogP contribution >= 0.6 is 0 Å². The lowest BCUT2D eigenvalue weighted by molar-refractivity contribution is 0.0944. The zero-order valence-electron chi connectivity index (χ0n) is 19.2. The maximum atomic E-state index is 14.5. The van der Waals surface area contributed by atoms with E-state index in [0.29, 0.717) is 35.7 Å². The van der Waals surface area contributed by atoms with Gasteiger partial charge in [0.1, 0.15) is 5.69 Å². The first-order valence-electron chi connectivity index (χ1n) is 11.5. The number of likely N-dealkylation sites (tertiary alicyclic amines) is 1. The number of hydrogen-bond donors (Lipinski definition) is 3. The van der Waals surface area contributed by atoms with Crippen LogP contribution in [0.4, 0.5) is 8.78 Å². The number of nitrogens with zero attached hydrogens (tertiary/aromatic N) is 2. The summed E-state index contributed by atoms with van der Waals surface area (Å²) in [5.41, 5.74) is 1.49. The molecule has 1 aliphatic heterocycles. The number of H-pyrrole nitrogens is 1. The van der Waals surface area contributed by atoms with Crippen LogP contribution in [0.25, 0.3) is 10.9 Å². The smallest absolute Gasteiger partial charge is 0.270 e. The molecule has 0 bridgehead atoms. The fourth-order valence-electron chi connectivity index (χ4n) is 3.78. The average Bonchev–Trinajstić information content (AvgIpc) is 3.63. The van der Waals surface area contributed by atoms with Gasteiger partial charge in [0.15, 0.2) is 11.6 Å². The van der Waals surface area contributed by atoms with Crippen molar-refractivity contribution < 1.29 is 18.7 Å². The summed E-state index contributed by atoms with van der Waals surface area (Å²) in [6, 6.07) is 8.65. The van der Waals surface area contributed by atoms with Crippen LogP contribution in [-0.4, -0.2) is 44.5 Å². The number of fused-ring (bicyclic) bond motifs is 1. The maximum Gasteiger partial charge on any atom is 0.270 e. The average molecular weight is 471 g/mol. The van der Waals surface area contributed by atoms with E-state index < -0.39 is 17.6 Å². The highest BCUT2D eigenvalue weighted by Crippen LogP contribution is 2.24. The molecule has 9 heteroatoms. The highest BCUT2D eigenvalue weighted by Gasteiger charge is 2.25. The predicted octanol–water partition coefficient (Wildman–Crippen LogP) is 3.64. The van der Waals surface area contributed by atoms with Gasteiger partial charge in [-0.05, 0) is 50.8 Å². The molecule has 3 N–H and O–H groups in total. The van der Waals surface area contributed by atoms with E-state index in [0.717, 1.165) is 30.8 Å². The molecule has 2 fully saturated rings. The van der Waals surface area contributed by atoms with Crippen LogP contribution in [0.1, 0.15) is 54.7 Å². The molecule has 3 aromatic rings. The molecule has 1 amide bonds. The lowest BCUT2D eigenvalue weighted by atomic mass is 10.0. The Balaban J connectivity index is 0.000000172. The zero-order valence-corrected chi connectivity index (χ0v) is 19.2. The number of carbonyl (C=O) groups excluding carboxylic acids is 1. The first-order chi connectivity index (χ1) is 16.3. The number of pyridine rings is 2. The van der Waals surface area contributed by atoms with Crippen molar-refractivity contribution in [2.75, 3.05) is 6.54 Å². The second-order valence-corrected chi connectivity index (χ2v) is 8.84. The molecule has 1 unspecified atom stereocenters. The van der Waals surface area contributed by atoms with Crippen LogP contribution < -0.4 is 10.9 Å². The number of halogens is 2. The van der Waals surface area contributed by atoms with Gasteiger partial charge in [-0.1, -0.05) is 19.1 Å². The van der Waals surface area contributed by atoms with Crippen molar-refractivity contribution in [2.45, 2.75) is 58.2 Å². The number of benzene rings is 1. The first kappa shape index (κ1) is 23.8. The second-order valence-electron chi connectivity index (χ2n) is 8.84. The Bertz CT molecular complexity index is 1270. The monoisotopic (exact) mass is 470 g/mol. The van der Waals surface area contributed by atoms with Crippen LogP contribution in [0, 0.1) is 11.8 Å². The molecule has 34 heavy (non-hydrogen) atoms. The maximum absolute atomic E-state index is 14.5. The van der Waals surface area contributed by atoms with Crippen molar-refractivity contribution in [3.63, 3.8) is 0 Å². The number of nitrogens with one attached hydrogen (secondary N) is 2. The minimum atomic E-state index is -1.02. The van der Waals surface area contributed by atoms with Crippen molar-refractivity contribution in [3.05, 3.63) is 69.3 Å². The molecular weight excluding hydrogens is 442 g/mol. The lowest BCUT2D eigenvalue weighted by Gasteiger charge is -2.38. The largest absolute Gasteiger partial charge is 0.504 e. The number of aromatic amines is 1. The number of aryl methyl sites for hydroxylation is 1. The SMILES string of the molecule is CCc1cc2ccc(CN3CCC3C)c(F)c2[nH]c1=O.O=C(NC1CC1)c1ccc(O)c(F)n1. The van der Waals surface area contributed by atoms with Gasteiger partial charge in [0.05, 0.1) is 5.52 Å². The molecule has 3 heterocycles. The number of aromatic hydroxyl groups is 1. The summed E-state index contributed by atoms with van der Waals surface area (Å²) in [4.78, 5) is 31.4.